The zero-order valence-corrected chi connectivity index (χ0v) is 16.3. The highest BCUT2D eigenvalue weighted by Gasteiger charge is 2.17. The van der Waals surface area contributed by atoms with Gasteiger partial charge >= 0.3 is 0 Å². The third-order valence-electron chi connectivity index (χ3n) is 4.62. The molecule has 0 radical (unpaired) electrons. The molecule has 1 amide bonds. The van der Waals surface area contributed by atoms with Crippen LogP contribution in [0.3, 0.4) is 0 Å². The Morgan fingerprint density at radius 1 is 1.07 bits per heavy atom. The van der Waals surface area contributed by atoms with Crippen molar-refractivity contribution in [1.29, 1.82) is 0 Å². The molecule has 1 aliphatic rings. The van der Waals surface area contributed by atoms with Crippen LogP contribution in [-0.4, -0.2) is 34.0 Å². The lowest BCUT2D eigenvalue weighted by Crippen LogP contribution is -2.26. The number of carbonyl (C=O) groups excluding carboxylic acids is 1. The van der Waals surface area contributed by atoms with Crippen LogP contribution in [0.1, 0.15) is 35.7 Å². The summed E-state index contributed by atoms with van der Waals surface area (Å²) in [7, 11) is -3.59. The molecule has 2 aromatic carbocycles. The minimum absolute atomic E-state index is 0.0921. The molecule has 27 heavy (non-hydrogen) atoms. The lowest BCUT2D eigenvalue weighted by atomic mass is 10.1. The van der Waals surface area contributed by atoms with Crippen molar-refractivity contribution in [2.75, 3.05) is 24.5 Å². The molecule has 1 heterocycles. The summed E-state index contributed by atoms with van der Waals surface area (Å²) in [4.78, 5) is 15.0. The standard InChI is InChI=1S/C20H25N3O3S/c1-2-22-27(25,26)18-10-7-9-16(14-18)20(24)21-15-17-8-3-4-11-19(17)23-12-5-6-13-23/h3-4,7-11,14,22H,2,5-6,12-13,15H2,1H3,(H,21,24). The maximum absolute atomic E-state index is 12.5. The van der Waals surface area contributed by atoms with Gasteiger partial charge in [0.1, 0.15) is 0 Å². The molecule has 144 valence electrons. The van der Waals surface area contributed by atoms with Crippen LogP contribution in [-0.2, 0) is 16.6 Å². The molecule has 0 aliphatic carbocycles. The van der Waals surface area contributed by atoms with Gasteiger partial charge in [0, 0.05) is 37.4 Å². The first-order valence-electron chi connectivity index (χ1n) is 9.22. The highest BCUT2D eigenvalue weighted by Crippen LogP contribution is 2.24. The van der Waals surface area contributed by atoms with Crippen LogP contribution in [0.5, 0.6) is 0 Å². The maximum atomic E-state index is 12.5. The number of hydrogen-bond donors (Lipinski definition) is 2. The van der Waals surface area contributed by atoms with E-state index in [1.165, 1.54) is 25.0 Å². The van der Waals surface area contributed by atoms with Gasteiger partial charge in [0.15, 0.2) is 0 Å². The number of nitrogens with zero attached hydrogens (tertiary/aromatic N) is 1. The molecule has 0 bridgehead atoms. The van der Waals surface area contributed by atoms with E-state index in [4.69, 9.17) is 0 Å². The Morgan fingerprint density at radius 3 is 2.56 bits per heavy atom. The number of benzene rings is 2. The van der Waals surface area contributed by atoms with Gasteiger partial charge in [-0.2, -0.15) is 0 Å². The van der Waals surface area contributed by atoms with Crippen molar-refractivity contribution in [3.8, 4) is 0 Å². The highest BCUT2D eigenvalue weighted by molar-refractivity contribution is 7.89. The Bertz CT molecular complexity index is 906. The van der Waals surface area contributed by atoms with Crippen LogP contribution in [0.4, 0.5) is 5.69 Å². The first kappa shape index (κ1) is 19.4. The topological polar surface area (TPSA) is 78.5 Å². The van der Waals surface area contributed by atoms with Gasteiger partial charge < -0.3 is 10.2 Å². The predicted octanol–water partition coefficient (Wildman–Crippen LogP) is 2.52. The summed E-state index contributed by atoms with van der Waals surface area (Å²) < 4.78 is 26.7. The van der Waals surface area contributed by atoms with Crippen molar-refractivity contribution >= 4 is 21.6 Å². The first-order valence-corrected chi connectivity index (χ1v) is 10.7. The van der Waals surface area contributed by atoms with Gasteiger partial charge in [-0.15, -0.1) is 0 Å². The van der Waals surface area contributed by atoms with E-state index < -0.39 is 10.0 Å². The van der Waals surface area contributed by atoms with Crippen LogP contribution < -0.4 is 14.9 Å². The second-order valence-electron chi connectivity index (χ2n) is 6.53. The lowest BCUT2D eigenvalue weighted by Gasteiger charge is -2.21. The average molecular weight is 388 g/mol. The predicted molar refractivity (Wildman–Crippen MR) is 106 cm³/mol. The third kappa shape index (κ3) is 4.67. The largest absolute Gasteiger partial charge is 0.371 e. The fourth-order valence-corrected chi connectivity index (χ4v) is 4.37. The summed E-state index contributed by atoms with van der Waals surface area (Å²) in [5.74, 6) is -0.292. The maximum Gasteiger partial charge on any atom is 0.251 e. The second kappa shape index (κ2) is 8.54. The molecule has 0 aromatic heterocycles. The van der Waals surface area contributed by atoms with Crippen LogP contribution >= 0.6 is 0 Å². The van der Waals surface area contributed by atoms with Crippen LogP contribution in [0, 0.1) is 0 Å². The number of sulfonamides is 1. The van der Waals surface area contributed by atoms with Crippen molar-refractivity contribution < 1.29 is 13.2 Å². The monoisotopic (exact) mass is 387 g/mol. The SMILES string of the molecule is CCNS(=O)(=O)c1cccc(C(=O)NCc2ccccc2N2CCCC2)c1. The number of hydrogen-bond acceptors (Lipinski definition) is 4. The summed E-state index contributed by atoms with van der Waals surface area (Å²) in [6, 6.07) is 14.1. The highest BCUT2D eigenvalue weighted by atomic mass is 32.2. The van der Waals surface area contributed by atoms with Crippen LogP contribution in [0.15, 0.2) is 53.4 Å². The lowest BCUT2D eigenvalue weighted by molar-refractivity contribution is 0.0950. The molecule has 0 saturated carbocycles. The van der Waals surface area contributed by atoms with Crippen molar-refractivity contribution in [2.24, 2.45) is 0 Å². The quantitative estimate of drug-likeness (QED) is 0.765. The summed E-state index contributed by atoms with van der Waals surface area (Å²) in [6.07, 6.45) is 2.38. The van der Waals surface area contributed by atoms with E-state index in [0.29, 0.717) is 18.7 Å². The van der Waals surface area contributed by atoms with Gasteiger partial charge in [-0.3, -0.25) is 4.79 Å². The number of anilines is 1. The Morgan fingerprint density at radius 2 is 1.81 bits per heavy atom. The van der Waals surface area contributed by atoms with E-state index in [0.717, 1.165) is 24.3 Å². The molecule has 0 atom stereocenters. The van der Waals surface area contributed by atoms with Gasteiger partial charge in [0.25, 0.3) is 5.91 Å². The molecule has 0 spiro atoms. The van der Waals surface area contributed by atoms with Crippen molar-refractivity contribution in [3.63, 3.8) is 0 Å². The summed E-state index contributed by atoms with van der Waals surface area (Å²) in [5.41, 5.74) is 2.54. The Balaban J connectivity index is 1.72. The Kier molecular flexibility index (Phi) is 6.13. The molecule has 0 unspecified atom stereocenters. The minimum Gasteiger partial charge on any atom is -0.371 e. The number of para-hydroxylation sites is 1. The third-order valence-corrected chi connectivity index (χ3v) is 6.16. The van der Waals surface area contributed by atoms with Crippen molar-refractivity contribution in [3.05, 3.63) is 59.7 Å². The van der Waals surface area contributed by atoms with Crippen molar-refractivity contribution in [1.82, 2.24) is 10.0 Å². The van der Waals surface area contributed by atoms with Gasteiger partial charge in [0.05, 0.1) is 4.90 Å². The molecule has 2 aromatic rings. The summed E-state index contributed by atoms with van der Waals surface area (Å²) in [6.45, 7) is 4.48. The second-order valence-corrected chi connectivity index (χ2v) is 8.30. The van der Waals surface area contributed by atoms with E-state index in [2.05, 4.69) is 21.0 Å². The van der Waals surface area contributed by atoms with E-state index >= 15 is 0 Å². The minimum atomic E-state index is -3.59. The Labute approximate surface area is 160 Å². The number of nitrogens with one attached hydrogen (secondary N) is 2. The number of carbonyl (C=O) groups is 1. The average Bonchev–Trinajstić information content (AvgIpc) is 3.21. The zero-order chi connectivity index (χ0) is 19.3. The zero-order valence-electron chi connectivity index (χ0n) is 15.4. The number of amides is 1. The molecule has 1 aliphatic heterocycles. The van der Waals surface area contributed by atoms with Gasteiger partial charge in [-0.25, -0.2) is 13.1 Å². The summed E-state index contributed by atoms with van der Waals surface area (Å²) in [5, 5.41) is 2.91. The van der Waals surface area contributed by atoms with Crippen LogP contribution in [0.2, 0.25) is 0 Å². The molecule has 3 rings (SSSR count). The molecule has 1 saturated heterocycles. The van der Waals surface area contributed by atoms with Crippen LogP contribution in [0.25, 0.3) is 0 Å². The van der Waals surface area contributed by atoms with Gasteiger partial charge in [0.2, 0.25) is 10.0 Å². The summed E-state index contributed by atoms with van der Waals surface area (Å²) >= 11 is 0. The molecular weight excluding hydrogens is 362 g/mol. The smallest absolute Gasteiger partial charge is 0.251 e. The van der Waals surface area contributed by atoms with E-state index in [-0.39, 0.29) is 10.8 Å². The van der Waals surface area contributed by atoms with E-state index in [9.17, 15) is 13.2 Å². The normalized spacial score (nSPS) is 14.3. The Hall–Kier alpha value is -2.38. The number of rotatable bonds is 7. The molecule has 2 N–H and O–H groups in total. The molecule has 6 nitrogen and oxygen atoms in total. The van der Waals surface area contributed by atoms with Crippen molar-refractivity contribution in [2.45, 2.75) is 31.2 Å². The van der Waals surface area contributed by atoms with Gasteiger partial charge in [-0.05, 0) is 42.7 Å². The molecular formula is C20H25N3O3S. The first-order chi connectivity index (χ1) is 13.0. The van der Waals surface area contributed by atoms with Gasteiger partial charge in [-0.1, -0.05) is 31.2 Å². The van der Waals surface area contributed by atoms with E-state index in [1.807, 2.05) is 18.2 Å². The molecule has 7 heteroatoms. The van der Waals surface area contributed by atoms with E-state index in [1.54, 1.807) is 19.1 Å². The fourth-order valence-electron chi connectivity index (χ4n) is 3.28. The fraction of sp³-hybridized carbons (Fsp3) is 0.350. The molecule has 1 fully saturated rings.